The molecule has 1 aliphatic rings. The number of hydrogen-bond donors (Lipinski definition) is 1. The third kappa shape index (κ3) is 4.60. The number of allylic oxidation sites excluding steroid dienone is 2. The van der Waals surface area contributed by atoms with Crippen LogP contribution >= 0.6 is 23.2 Å². The van der Waals surface area contributed by atoms with Gasteiger partial charge < -0.3 is 10.0 Å². The van der Waals surface area contributed by atoms with Gasteiger partial charge >= 0.3 is 12.3 Å². The van der Waals surface area contributed by atoms with Crippen molar-refractivity contribution in [1.29, 1.82) is 0 Å². The number of alkyl halides is 4. The summed E-state index contributed by atoms with van der Waals surface area (Å²) in [5.74, 6) is -0.946. The van der Waals surface area contributed by atoms with Gasteiger partial charge in [0, 0.05) is 15.6 Å². The number of carboxylic acid groups (broad SMARTS) is 1. The quantitative estimate of drug-likeness (QED) is 0.346. The van der Waals surface area contributed by atoms with Crippen molar-refractivity contribution in [3.63, 3.8) is 0 Å². The lowest BCUT2D eigenvalue weighted by molar-refractivity contribution is -0.0689. The number of nitrogens with zero attached hydrogens (tertiary/aromatic N) is 1. The van der Waals surface area contributed by atoms with E-state index < -0.39 is 29.3 Å². The molecule has 158 valence electrons. The van der Waals surface area contributed by atoms with Gasteiger partial charge in [0.1, 0.15) is 0 Å². The fourth-order valence-electron chi connectivity index (χ4n) is 3.06. The van der Waals surface area contributed by atoms with Gasteiger partial charge in [-0.1, -0.05) is 47.5 Å². The Morgan fingerprint density at radius 1 is 1.00 bits per heavy atom. The zero-order valence-corrected chi connectivity index (χ0v) is 16.5. The minimum absolute atomic E-state index is 0.0198. The Bertz CT molecular complexity index is 1010. The van der Waals surface area contributed by atoms with Gasteiger partial charge in [-0.25, -0.2) is 9.18 Å². The Balaban J connectivity index is 1.87. The van der Waals surface area contributed by atoms with Gasteiger partial charge in [-0.3, -0.25) is 4.79 Å². The van der Waals surface area contributed by atoms with Gasteiger partial charge in [-0.15, -0.1) is 0 Å². The smallest absolute Gasteiger partial charge is 0.417 e. The molecule has 1 N–H and O–H groups in total. The van der Waals surface area contributed by atoms with Crippen molar-refractivity contribution in [1.82, 2.24) is 4.90 Å². The molecule has 1 amide bonds. The average molecular weight is 462 g/mol. The maximum atomic E-state index is 14.7. The van der Waals surface area contributed by atoms with E-state index in [1.165, 1.54) is 30.3 Å². The van der Waals surface area contributed by atoms with Crippen LogP contribution in [0, 0.1) is 0 Å². The number of amides is 1. The molecule has 0 radical (unpaired) electrons. The second kappa shape index (κ2) is 7.92. The van der Waals surface area contributed by atoms with Crippen LogP contribution in [0.2, 0.25) is 10.0 Å². The molecule has 1 heterocycles. The molecule has 2 aromatic rings. The first-order chi connectivity index (χ1) is 13.9. The second-order valence-corrected chi connectivity index (χ2v) is 7.63. The highest BCUT2D eigenvalue weighted by Gasteiger charge is 2.47. The second-order valence-electron chi connectivity index (χ2n) is 6.76. The lowest BCUT2D eigenvalue weighted by Crippen LogP contribution is -2.58. The molecule has 10 heteroatoms. The van der Waals surface area contributed by atoms with Crippen molar-refractivity contribution in [2.75, 3.05) is 13.1 Å². The molecule has 0 aromatic heterocycles. The molecule has 0 bridgehead atoms. The Labute approximate surface area is 178 Å². The van der Waals surface area contributed by atoms with Crippen LogP contribution in [0.1, 0.15) is 21.5 Å². The summed E-state index contributed by atoms with van der Waals surface area (Å²) in [6.07, 6.45) is -5.67. The molecule has 4 nitrogen and oxygen atoms in total. The molecular weight excluding hydrogens is 449 g/mol. The lowest BCUT2D eigenvalue weighted by Gasteiger charge is -2.42. The Morgan fingerprint density at radius 3 is 2.00 bits per heavy atom. The SMILES string of the molecule is O=C(/C=C(\c1cc(Cl)cc(Cl)c1)C(F)(F)F)c1ccc(C2(F)CN(C(=O)O)C2)cc1. The van der Waals surface area contributed by atoms with E-state index in [9.17, 15) is 27.2 Å². The molecule has 0 atom stereocenters. The molecule has 1 aliphatic heterocycles. The minimum Gasteiger partial charge on any atom is -0.465 e. The van der Waals surface area contributed by atoms with Gasteiger partial charge in [0.2, 0.25) is 0 Å². The molecule has 3 rings (SSSR count). The summed E-state index contributed by atoms with van der Waals surface area (Å²) < 4.78 is 55.2. The van der Waals surface area contributed by atoms with Crippen molar-refractivity contribution in [3.05, 3.63) is 75.3 Å². The lowest BCUT2D eigenvalue weighted by atomic mass is 9.87. The highest BCUT2D eigenvalue weighted by molar-refractivity contribution is 6.35. The Hall–Kier alpha value is -2.58. The highest BCUT2D eigenvalue weighted by atomic mass is 35.5. The molecule has 2 aromatic carbocycles. The molecule has 0 aliphatic carbocycles. The van der Waals surface area contributed by atoms with Gasteiger partial charge in [0.15, 0.2) is 11.5 Å². The highest BCUT2D eigenvalue weighted by Crippen LogP contribution is 2.38. The molecule has 0 saturated carbocycles. The number of likely N-dealkylation sites (tertiary alicyclic amines) is 1. The number of rotatable bonds is 4. The van der Waals surface area contributed by atoms with E-state index in [0.29, 0.717) is 6.08 Å². The summed E-state index contributed by atoms with van der Waals surface area (Å²) in [4.78, 5) is 24.1. The normalized spacial score (nSPS) is 16.2. The monoisotopic (exact) mass is 461 g/mol. The van der Waals surface area contributed by atoms with Crippen molar-refractivity contribution < 1.29 is 32.3 Å². The van der Waals surface area contributed by atoms with E-state index in [1.54, 1.807) is 0 Å². The zero-order valence-electron chi connectivity index (χ0n) is 15.0. The van der Waals surface area contributed by atoms with Crippen LogP contribution in [0.25, 0.3) is 5.57 Å². The summed E-state index contributed by atoms with van der Waals surface area (Å²) in [6, 6.07) is 8.24. The number of hydrogen-bond acceptors (Lipinski definition) is 2. The van der Waals surface area contributed by atoms with Crippen LogP contribution in [-0.2, 0) is 5.67 Å². The van der Waals surface area contributed by atoms with Gasteiger partial charge in [0.25, 0.3) is 0 Å². The van der Waals surface area contributed by atoms with E-state index in [2.05, 4.69) is 0 Å². The molecule has 1 fully saturated rings. The number of benzene rings is 2. The summed E-state index contributed by atoms with van der Waals surface area (Å²) in [6.45, 7) is -0.716. The summed E-state index contributed by atoms with van der Waals surface area (Å²) in [7, 11) is 0. The number of carbonyl (C=O) groups excluding carboxylic acids is 1. The van der Waals surface area contributed by atoms with E-state index in [4.69, 9.17) is 28.3 Å². The topological polar surface area (TPSA) is 57.6 Å². The summed E-state index contributed by atoms with van der Waals surface area (Å²) in [5.41, 5.74) is -3.44. The maximum Gasteiger partial charge on any atom is 0.417 e. The first-order valence-corrected chi connectivity index (χ1v) is 9.22. The van der Waals surface area contributed by atoms with Crippen molar-refractivity contribution in [2.24, 2.45) is 0 Å². The Kier molecular flexibility index (Phi) is 5.84. The van der Waals surface area contributed by atoms with Crippen molar-refractivity contribution in [3.8, 4) is 0 Å². The zero-order chi connectivity index (χ0) is 22.3. The number of halogens is 6. The van der Waals surface area contributed by atoms with Crippen LogP contribution in [0.15, 0.2) is 48.5 Å². The maximum absolute atomic E-state index is 14.7. The van der Waals surface area contributed by atoms with E-state index in [-0.39, 0.29) is 39.8 Å². The largest absolute Gasteiger partial charge is 0.465 e. The van der Waals surface area contributed by atoms with Crippen LogP contribution in [0.4, 0.5) is 22.4 Å². The van der Waals surface area contributed by atoms with E-state index >= 15 is 0 Å². The fraction of sp³-hybridized carbons (Fsp3) is 0.200. The minimum atomic E-state index is -4.85. The van der Waals surface area contributed by atoms with Gasteiger partial charge in [-0.05, 0) is 35.4 Å². The predicted molar refractivity (Wildman–Crippen MR) is 104 cm³/mol. The van der Waals surface area contributed by atoms with Crippen LogP contribution < -0.4 is 0 Å². The summed E-state index contributed by atoms with van der Waals surface area (Å²) >= 11 is 11.5. The number of ketones is 1. The standard InChI is InChI=1S/C20H13Cl2F4NO3/c21-14-5-12(6-15(22)7-14)16(20(24,25)26)8-17(28)11-1-3-13(4-2-11)19(23)9-27(10-19)18(29)30/h1-8H,9-10H2,(H,29,30)/b16-8+. The number of carbonyl (C=O) groups is 2. The average Bonchev–Trinajstić information content (AvgIpc) is 2.61. The van der Waals surface area contributed by atoms with Gasteiger partial charge in [0.05, 0.1) is 18.7 Å². The predicted octanol–water partition coefficient (Wildman–Crippen LogP) is 5.98. The third-order valence-corrected chi connectivity index (χ3v) is 5.03. The third-order valence-electron chi connectivity index (χ3n) is 4.59. The van der Waals surface area contributed by atoms with E-state index in [1.807, 2.05) is 0 Å². The fourth-order valence-corrected chi connectivity index (χ4v) is 3.59. The van der Waals surface area contributed by atoms with Crippen LogP contribution in [-0.4, -0.2) is 41.1 Å². The van der Waals surface area contributed by atoms with Crippen molar-refractivity contribution >= 4 is 40.7 Å². The molecule has 0 unspecified atom stereocenters. The molecular formula is C20H13Cl2F4NO3. The van der Waals surface area contributed by atoms with Crippen molar-refractivity contribution in [2.45, 2.75) is 11.8 Å². The molecule has 30 heavy (non-hydrogen) atoms. The summed E-state index contributed by atoms with van der Waals surface area (Å²) in [5, 5.41) is 8.77. The van der Waals surface area contributed by atoms with E-state index in [0.717, 1.165) is 17.0 Å². The van der Waals surface area contributed by atoms with Crippen LogP contribution in [0.3, 0.4) is 0 Å². The molecule has 0 spiro atoms. The van der Waals surface area contributed by atoms with Crippen LogP contribution in [0.5, 0.6) is 0 Å². The van der Waals surface area contributed by atoms with Gasteiger partial charge in [-0.2, -0.15) is 13.2 Å². The first-order valence-electron chi connectivity index (χ1n) is 8.46. The Morgan fingerprint density at radius 2 is 1.53 bits per heavy atom. The first kappa shape index (κ1) is 22.1. The molecule has 1 saturated heterocycles.